The van der Waals surface area contributed by atoms with Crippen LogP contribution < -0.4 is 24.8 Å². The SMILES string of the molecule is CCNC(=NCc1cc(OC)c(OC)cc1OC)NCc1ccccc1F. The molecule has 0 unspecified atom stereocenters. The lowest BCUT2D eigenvalue weighted by Crippen LogP contribution is -2.37. The van der Waals surface area contributed by atoms with Crippen LogP contribution >= 0.6 is 0 Å². The number of guanidine groups is 1. The first-order valence-corrected chi connectivity index (χ1v) is 8.67. The van der Waals surface area contributed by atoms with Gasteiger partial charge in [-0.15, -0.1) is 0 Å². The van der Waals surface area contributed by atoms with Crippen molar-refractivity contribution in [2.75, 3.05) is 27.9 Å². The lowest BCUT2D eigenvalue weighted by atomic mass is 10.1. The normalized spacial score (nSPS) is 11.1. The van der Waals surface area contributed by atoms with Gasteiger partial charge in [0.15, 0.2) is 17.5 Å². The Morgan fingerprint density at radius 2 is 1.59 bits per heavy atom. The molecule has 2 aromatic carbocycles. The number of benzene rings is 2. The molecule has 0 saturated carbocycles. The molecule has 0 amide bonds. The number of halogens is 1. The minimum absolute atomic E-state index is 0.248. The lowest BCUT2D eigenvalue weighted by Gasteiger charge is -2.15. The molecule has 2 N–H and O–H groups in total. The van der Waals surface area contributed by atoms with E-state index in [-0.39, 0.29) is 5.82 Å². The standard InChI is InChI=1S/C20H26FN3O3/c1-5-22-20(23-12-14-8-6-7-9-16(14)21)24-13-15-10-18(26-3)19(27-4)11-17(15)25-2/h6-11H,5,12-13H2,1-4H3,(H2,22,23,24). The molecule has 146 valence electrons. The summed E-state index contributed by atoms with van der Waals surface area (Å²) < 4.78 is 29.9. The smallest absolute Gasteiger partial charge is 0.191 e. The zero-order valence-corrected chi connectivity index (χ0v) is 16.1. The Labute approximate surface area is 159 Å². The molecule has 0 heterocycles. The highest BCUT2D eigenvalue weighted by atomic mass is 19.1. The van der Waals surface area contributed by atoms with Crippen molar-refractivity contribution >= 4 is 5.96 Å². The molecule has 2 rings (SSSR count). The number of hydrogen-bond donors (Lipinski definition) is 2. The van der Waals surface area contributed by atoms with Gasteiger partial charge in [0.25, 0.3) is 0 Å². The summed E-state index contributed by atoms with van der Waals surface area (Å²) in [6.07, 6.45) is 0. The summed E-state index contributed by atoms with van der Waals surface area (Å²) in [6, 6.07) is 10.3. The van der Waals surface area contributed by atoms with Crippen LogP contribution in [0.4, 0.5) is 4.39 Å². The third-order valence-corrected chi connectivity index (χ3v) is 3.94. The summed E-state index contributed by atoms with van der Waals surface area (Å²) in [5.74, 6) is 2.18. The maximum atomic E-state index is 13.8. The second kappa shape index (κ2) is 10.3. The first kappa shape index (κ1) is 20.4. The van der Waals surface area contributed by atoms with E-state index in [1.165, 1.54) is 6.07 Å². The number of nitrogens with one attached hydrogen (secondary N) is 2. The van der Waals surface area contributed by atoms with Crippen LogP contribution in [0.2, 0.25) is 0 Å². The molecule has 0 saturated heterocycles. The summed E-state index contributed by atoms with van der Waals surface area (Å²) in [5.41, 5.74) is 1.42. The highest BCUT2D eigenvalue weighted by Crippen LogP contribution is 2.34. The highest BCUT2D eigenvalue weighted by molar-refractivity contribution is 5.79. The van der Waals surface area contributed by atoms with Crippen molar-refractivity contribution in [3.8, 4) is 17.2 Å². The van der Waals surface area contributed by atoms with Gasteiger partial charge in [-0.1, -0.05) is 18.2 Å². The molecule has 0 aliphatic carbocycles. The molecule has 0 spiro atoms. The predicted octanol–water partition coefficient (Wildman–Crippen LogP) is 3.11. The number of methoxy groups -OCH3 is 3. The number of rotatable bonds is 8. The Hall–Kier alpha value is -2.96. The number of ether oxygens (including phenoxy) is 3. The molecule has 0 radical (unpaired) electrons. The zero-order chi connectivity index (χ0) is 19.6. The van der Waals surface area contributed by atoms with E-state index in [4.69, 9.17) is 14.2 Å². The van der Waals surface area contributed by atoms with Crippen molar-refractivity contribution in [2.24, 2.45) is 4.99 Å². The fraction of sp³-hybridized carbons (Fsp3) is 0.350. The molecule has 27 heavy (non-hydrogen) atoms. The fourth-order valence-corrected chi connectivity index (χ4v) is 2.54. The van der Waals surface area contributed by atoms with Gasteiger partial charge < -0.3 is 24.8 Å². The number of hydrogen-bond acceptors (Lipinski definition) is 4. The molecule has 0 aliphatic heterocycles. The topological polar surface area (TPSA) is 64.1 Å². The van der Waals surface area contributed by atoms with E-state index in [0.29, 0.717) is 48.4 Å². The Morgan fingerprint density at radius 1 is 0.926 bits per heavy atom. The molecule has 0 bridgehead atoms. The van der Waals surface area contributed by atoms with Gasteiger partial charge in [-0.3, -0.25) is 0 Å². The molecule has 0 aliphatic rings. The summed E-state index contributed by atoms with van der Waals surface area (Å²) in [5, 5.41) is 6.29. The van der Waals surface area contributed by atoms with Gasteiger partial charge in [-0.05, 0) is 19.1 Å². The monoisotopic (exact) mass is 375 g/mol. The molecule has 0 aromatic heterocycles. The first-order valence-electron chi connectivity index (χ1n) is 8.67. The van der Waals surface area contributed by atoms with Crippen molar-refractivity contribution in [2.45, 2.75) is 20.0 Å². The van der Waals surface area contributed by atoms with Crippen molar-refractivity contribution in [3.63, 3.8) is 0 Å². The summed E-state index contributed by atoms with van der Waals surface area (Å²) in [6.45, 7) is 3.35. The van der Waals surface area contributed by atoms with E-state index >= 15 is 0 Å². The predicted molar refractivity (Wildman–Crippen MR) is 104 cm³/mol. The lowest BCUT2D eigenvalue weighted by molar-refractivity contribution is 0.347. The summed E-state index contributed by atoms with van der Waals surface area (Å²) in [4.78, 5) is 4.56. The maximum absolute atomic E-state index is 13.8. The van der Waals surface area contributed by atoms with Gasteiger partial charge in [-0.2, -0.15) is 0 Å². The maximum Gasteiger partial charge on any atom is 0.191 e. The van der Waals surface area contributed by atoms with Crippen LogP contribution in [0.3, 0.4) is 0 Å². The van der Waals surface area contributed by atoms with E-state index < -0.39 is 0 Å². The van der Waals surface area contributed by atoms with Crippen LogP contribution in [-0.4, -0.2) is 33.8 Å². The van der Waals surface area contributed by atoms with Gasteiger partial charge in [0.1, 0.15) is 11.6 Å². The second-order valence-electron chi connectivity index (χ2n) is 5.66. The van der Waals surface area contributed by atoms with E-state index in [1.54, 1.807) is 45.6 Å². The molecule has 0 atom stereocenters. The molecule has 6 nitrogen and oxygen atoms in total. The van der Waals surface area contributed by atoms with Crippen molar-refractivity contribution in [3.05, 3.63) is 53.3 Å². The average Bonchev–Trinajstić information content (AvgIpc) is 2.70. The largest absolute Gasteiger partial charge is 0.496 e. The van der Waals surface area contributed by atoms with Gasteiger partial charge in [0.05, 0.1) is 27.9 Å². The third-order valence-electron chi connectivity index (χ3n) is 3.94. The minimum Gasteiger partial charge on any atom is -0.496 e. The van der Waals surface area contributed by atoms with Gasteiger partial charge in [0.2, 0.25) is 0 Å². The Bertz CT molecular complexity index is 781. The third kappa shape index (κ3) is 5.51. The fourth-order valence-electron chi connectivity index (χ4n) is 2.54. The molecule has 7 heteroatoms. The van der Waals surface area contributed by atoms with Crippen molar-refractivity contribution in [1.82, 2.24) is 10.6 Å². The summed E-state index contributed by atoms with van der Waals surface area (Å²) >= 11 is 0. The highest BCUT2D eigenvalue weighted by Gasteiger charge is 2.12. The van der Waals surface area contributed by atoms with E-state index in [2.05, 4.69) is 15.6 Å². The van der Waals surface area contributed by atoms with Gasteiger partial charge in [0, 0.05) is 30.3 Å². The minimum atomic E-state index is -0.248. The Balaban J connectivity index is 2.17. The number of aliphatic imine (C=N–C) groups is 1. The molecule has 0 fully saturated rings. The average molecular weight is 375 g/mol. The van der Waals surface area contributed by atoms with E-state index in [1.807, 2.05) is 13.0 Å². The van der Waals surface area contributed by atoms with Crippen LogP contribution in [0.15, 0.2) is 41.4 Å². The Morgan fingerprint density at radius 3 is 2.22 bits per heavy atom. The second-order valence-corrected chi connectivity index (χ2v) is 5.66. The van der Waals surface area contributed by atoms with E-state index in [9.17, 15) is 4.39 Å². The number of nitrogens with zero attached hydrogens (tertiary/aromatic N) is 1. The van der Waals surface area contributed by atoms with Gasteiger partial charge in [-0.25, -0.2) is 9.38 Å². The van der Waals surface area contributed by atoms with E-state index in [0.717, 1.165) is 5.56 Å². The quantitative estimate of drug-likeness (QED) is 0.548. The van der Waals surface area contributed by atoms with Crippen LogP contribution in [0.5, 0.6) is 17.2 Å². The first-order chi connectivity index (χ1) is 13.1. The van der Waals surface area contributed by atoms with Crippen molar-refractivity contribution < 1.29 is 18.6 Å². The zero-order valence-electron chi connectivity index (χ0n) is 16.1. The molecular formula is C20H26FN3O3. The van der Waals surface area contributed by atoms with Crippen LogP contribution in [0, 0.1) is 5.82 Å². The summed E-state index contributed by atoms with van der Waals surface area (Å²) in [7, 11) is 4.75. The van der Waals surface area contributed by atoms with Gasteiger partial charge >= 0.3 is 0 Å². The Kier molecular flexibility index (Phi) is 7.73. The van der Waals surface area contributed by atoms with Crippen LogP contribution in [0.1, 0.15) is 18.1 Å². The molecule has 2 aromatic rings. The van der Waals surface area contributed by atoms with Crippen molar-refractivity contribution in [1.29, 1.82) is 0 Å². The van der Waals surface area contributed by atoms with Crippen LogP contribution in [0.25, 0.3) is 0 Å². The molecular weight excluding hydrogens is 349 g/mol. The van der Waals surface area contributed by atoms with Crippen LogP contribution in [-0.2, 0) is 13.1 Å².